The van der Waals surface area contributed by atoms with Crippen molar-refractivity contribution in [3.63, 3.8) is 0 Å². The van der Waals surface area contributed by atoms with Crippen LogP contribution in [0.2, 0.25) is 0 Å². The van der Waals surface area contributed by atoms with Gasteiger partial charge in [-0.1, -0.05) is 42.5 Å². The van der Waals surface area contributed by atoms with Gasteiger partial charge in [-0.25, -0.2) is 4.79 Å². The number of hydrogen-bond acceptors (Lipinski definition) is 4. The van der Waals surface area contributed by atoms with Crippen molar-refractivity contribution in [2.24, 2.45) is 0 Å². The number of aromatic carboxylic acids is 1. The van der Waals surface area contributed by atoms with E-state index in [4.69, 9.17) is 5.11 Å². The van der Waals surface area contributed by atoms with Gasteiger partial charge >= 0.3 is 5.97 Å². The highest BCUT2D eigenvalue weighted by atomic mass is 32.2. The van der Waals surface area contributed by atoms with E-state index >= 15 is 0 Å². The van der Waals surface area contributed by atoms with Gasteiger partial charge in [0.15, 0.2) is 0 Å². The molecular weight excluding hydrogens is 446 g/mol. The number of fused-ring (bicyclic) bond motifs is 2. The van der Waals surface area contributed by atoms with Crippen LogP contribution >= 0.6 is 11.8 Å². The number of carbonyl (C=O) groups is 2. The van der Waals surface area contributed by atoms with Gasteiger partial charge < -0.3 is 15.5 Å². The maximum absolute atomic E-state index is 12.8. The highest BCUT2D eigenvalue weighted by Gasteiger charge is 2.14. The van der Waals surface area contributed by atoms with E-state index in [2.05, 4.69) is 23.5 Å². The Balaban J connectivity index is 1.34. The van der Waals surface area contributed by atoms with Crippen LogP contribution in [0.1, 0.15) is 43.0 Å². The maximum Gasteiger partial charge on any atom is 0.335 e. The van der Waals surface area contributed by atoms with Crippen LogP contribution in [0.3, 0.4) is 0 Å². The number of benzene rings is 4. The predicted octanol–water partition coefficient (Wildman–Crippen LogP) is 5.41. The summed E-state index contributed by atoms with van der Waals surface area (Å²) < 4.78 is 0. The van der Waals surface area contributed by atoms with Gasteiger partial charge in [-0.05, 0) is 64.4 Å². The SMILES string of the molecule is O=C(O)c1ccc(Cc2ccc3ccc(C(=O)NCc4ccc5c(c4)CCS5)cc3c2O)cc1. The van der Waals surface area contributed by atoms with Crippen molar-refractivity contribution in [3.8, 4) is 5.75 Å². The molecule has 4 aromatic carbocycles. The first kappa shape index (κ1) is 22.0. The monoisotopic (exact) mass is 469 g/mol. The molecule has 1 heterocycles. The minimum Gasteiger partial charge on any atom is -0.507 e. The van der Waals surface area contributed by atoms with E-state index in [1.165, 1.54) is 10.5 Å². The summed E-state index contributed by atoms with van der Waals surface area (Å²) in [7, 11) is 0. The van der Waals surface area contributed by atoms with Gasteiger partial charge in [0, 0.05) is 34.6 Å². The number of thioether (sulfide) groups is 1. The van der Waals surface area contributed by atoms with Crippen LogP contribution in [0, 0.1) is 0 Å². The third kappa shape index (κ3) is 4.50. The molecule has 170 valence electrons. The first-order chi connectivity index (χ1) is 16.5. The van der Waals surface area contributed by atoms with E-state index in [-0.39, 0.29) is 17.2 Å². The van der Waals surface area contributed by atoms with Gasteiger partial charge in [-0.3, -0.25) is 4.79 Å². The number of hydrogen-bond donors (Lipinski definition) is 3. The second-order valence-corrected chi connectivity index (χ2v) is 9.55. The van der Waals surface area contributed by atoms with Crippen molar-refractivity contribution in [3.05, 3.63) is 106 Å². The molecule has 6 heteroatoms. The van der Waals surface area contributed by atoms with Gasteiger partial charge in [0.25, 0.3) is 5.91 Å². The summed E-state index contributed by atoms with van der Waals surface area (Å²) in [5.74, 6) is 0.0824. The lowest BCUT2D eigenvalue weighted by atomic mass is 9.98. The summed E-state index contributed by atoms with van der Waals surface area (Å²) >= 11 is 1.87. The molecule has 3 N–H and O–H groups in total. The zero-order chi connectivity index (χ0) is 23.7. The van der Waals surface area contributed by atoms with Gasteiger partial charge in [-0.2, -0.15) is 0 Å². The van der Waals surface area contributed by atoms with Crippen LogP contribution in [-0.4, -0.2) is 27.8 Å². The molecule has 0 atom stereocenters. The van der Waals surface area contributed by atoms with E-state index < -0.39 is 5.97 Å². The van der Waals surface area contributed by atoms with Gasteiger partial charge in [0.2, 0.25) is 0 Å². The molecule has 1 aliphatic rings. The first-order valence-corrected chi connectivity index (χ1v) is 12.1. The summed E-state index contributed by atoms with van der Waals surface area (Å²) in [4.78, 5) is 25.2. The van der Waals surface area contributed by atoms with Crippen LogP contribution in [0.4, 0.5) is 0 Å². The number of phenols is 1. The number of carbonyl (C=O) groups excluding carboxylic acids is 1. The normalized spacial score (nSPS) is 12.5. The number of phenolic OH excluding ortho intramolecular Hbond substituents is 1. The molecule has 0 aromatic heterocycles. The second kappa shape index (κ2) is 9.23. The third-order valence-corrected chi connectivity index (χ3v) is 7.26. The smallest absolute Gasteiger partial charge is 0.335 e. The molecule has 0 bridgehead atoms. The van der Waals surface area contributed by atoms with E-state index in [0.29, 0.717) is 29.5 Å². The molecule has 0 unspecified atom stereocenters. The van der Waals surface area contributed by atoms with E-state index in [1.54, 1.807) is 36.4 Å². The Hall–Kier alpha value is -3.77. The van der Waals surface area contributed by atoms with Crippen LogP contribution < -0.4 is 5.32 Å². The fourth-order valence-electron chi connectivity index (χ4n) is 4.25. The van der Waals surface area contributed by atoms with E-state index in [9.17, 15) is 14.7 Å². The number of rotatable bonds is 6. The van der Waals surface area contributed by atoms with Crippen LogP contribution in [0.25, 0.3) is 10.8 Å². The summed E-state index contributed by atoms with van der Waals surface area (Å²) in [5.41, 5.74) is 4.74. The largest absolute Gasteiger partial charge is 0.507 e. The highest BCUT2D eigenvalue weighted by molar-refractivity contribution is 7.99. The molecular formula is C28H23NO4S. The van der Waals surface area contributed by atoms with Crippen molar-refractivity contribution < 1.29 is 19.8 Å². The number of aryl methyl sites for hydroxylation is 1. The summed E-state index contributed by atoms with van der Waals surface area (Å²) in [5, 5.41) is 24.4. The lowest BCUT2D eigenvalue weighted by Crippen LogP contribution is -2.22. The second-order valence-electron chi connectivity index (χ2n) is 8.41. The molecule has 0 aliphatic carbocycles. The Morgan fingerprint density at radius 1 is 0.882 bits per heavy atom. The Morgan fingerprint density at radius 3 is 2.41 bits per heavy atom. The number of carboxylic acid groups (broad SMARTS) is 1. The molecule has 1 amide bonds. The molecule has 0 saturated heterocycles. The summed E-state index contributed by atoms with van der Waals surface area (Å²) in [6, 6.07) is 22.0. The van der Waals surface area contributed by atoms with Gasteiger partial charge in [0.05, 0.1) is 5.56 Å². The topological polar surface area (TPSA) is 86.6 Å². The maximum atomic E-state index is 12.8. The molecule has 5 rings (SSSR count). The van der Waals surface area contributed by atoms with Crippen LogP contribution in [-0.2, 0) is 19.4 Å². The summed E-state index contributed by atoms with van der Waals surface area (Å²) in [6.07, 6.45) is 1.52. The number of nitrogens with one attached hydrogen (secondary N) is 1. The van der Waals surface area contributed by atoms with Gasteiger partial charge in [0.1, 0.15) is 5.75 Å². The molecule has 34 heavy (non-hydrogen) atoms. The number of aromatic hydroxyl groups is 1. The number of carboxylic acids is 1. The molecule has 1 aliphatic heterocycles. The molecule has 4 aromatic rings. The average Bonchev–Trinajstić information content (AvgIpc) is 3.32. The van der Waals surface area contributed by atoms with Crippen molar-refractivity contribution in [1.82, 2.24) is 5.32 Å². The van der Waals surface area contributed by atoms with Crippen molar-refractivity contribution in [1.29, 1.82) is 0 Å². The fraction of sp³-hybridized carbons (Fsp3) is 0.143. The first-order valence-electron chi connectivity index (χ1n) is 11.1. The third-order valence-electron chi connectivity index (χ3n) is 6.14. The van der Waals surface area contributed by atoms with Crippen LogP contribution in [0.5, 0.6) is 5.75 Å². The van der Waals surface area contributed by atoms with E-state index in [1.807, 2.05) is 30.0 Å². The van der Waals surface area contributed by atoms with Gasteiger partial charge in [-0.15, -0.1) is 11.8 Å². The molecule has 0 fully saturated rings. The fourth-order valence-corrected chi connectivity index (χ4v) is 5.30. The predicted molar refractivity (Wildman–Crippen MR) is 134 cm³/mol. The van der Waals surface area contributed by atoms with E-state index in [0.717, 1.165) is 28.7 Å². The van der Waals surface area contributed by atoms with Crippen molar-refractivity contribution in [2.45, 2.75) is 24.3 Å². The Kier molecular flexibility index (Phi) is 5.99. The minimum atomic E-state index is -0.971. The highest BCUT2D eigenvalue weighted by Crippen LogP contribution is 2.32. The van der Waals surface area contributed by atoms with Crippen LogP contribution in [0.15, 0.2) is 77.7 Å². The lowest BCUT2D eigenvalue weighted by Gasteiger charge is -2.11. The average molecular weight is 470 g/mol. The molecule has 0 spiro atoms. The summed E-state index contributed by atoms with van der Waals surface area (Å²) in [6.45, 7) is 0.452. The lowest BCUT2D eigenvalue weighted by molar-refractivity contribution is 0.0696. The zero-order valence-electron chi connectivity index (χ0n) is 18.4. The Labute approximate surface area is 201 Å². The molecule has 0 saturated carbocycles. The van der Waals surface area contributed by atoms with Crippen molar-refractivity contribution in [2.75, 3.05) is 5.75 Å². The molecule has 0 radical (unpaired) electrons. The zero-order valence-corrected chi connectivity index (χ0v) is 19.2. The quantitative estimate of drug-likeness (QED) is 0.351. The van der Waals surface area contributed by atoms with Crippen molar-refractivity contribution >= 4 is 34.4 Å². The standard InChI is InChI=1S/C28H23NO4S/c30-26-22(13-17-1-4-20(5-2-17)28(32)33)8-6-19-7-9-23(15-24(19)26)27(31)29-16-18-3-10-25-21(14-18)11-12-34-25/h1-10,14-15,30H,11-13,16H2,(H,29,31)(H,32,33). The Bertz CT molecular complexity index is 1410. The number of amides is 1. The molecule has 5 nitrogen and oxygen atoms in total. The Morgan fingerprint density at radius 2 is 1.62 bits per heavy atom. The minimum absolute atomic E-state index is 0.130.